The Morgan fingerprint density at radius 1 is 1.00 bits per heavy atom. The summed E-state index contributed by atoms with van der Waals surface area (Å²) in [5.74, 6) is 1.27. The first-order valence-electron chi connectivity index (χ1n) is 10.8. The number of nitrogens with one attached hydrogen (secondary N) is 1. The van der Waals surface area contributed by atoms with Crippen molar-refractivity contribution in [3.63, 3.8) is 0 Å². The van der Waals surface area contributed by atoms with Crippen LogP contribution in [0.15, 0.2) is 76.8 Å². The molecule has 0 aliphatic carbocycles. The highest BCUT2D eigenvalue weighted by Gasteiger charge is 2.15. The third kappa shape index (κ3) is 6.87. The molecular formula is C27H25BrN2O4. The summed E-state index contributed by atoms with van der Waals surface area (Å²) in [6.45, 7) is 5.15. The number of hydrogen-bond acceptors (Lipinski definition) is 5. The molecule has 0 aromatic heterocycles. The first kappa shape index (κ1) is 24.9. The predicted octanol–water partition coefficient (Wildman–Crippen LogP) is 6.37. The SMILES string of the molecule is CCOc1ccc(NC(=O)/C(C#N)=C\c2cc(Br)c(OCc3ccccc3)c(OCC)c2)cc1. The number of rotatable bonds is 10. The van der Waals surface area contributed by atoms with Gasteiger partial charge in [0.15, 0.2) is 11.5 Å². The Morgan fingerprint density at radius 3 is 2.35 bits per heavy atom. The van der Waals surface area contributed by atoms with E-state index in [4.69, 9.17) is 14.2 Å². The maximum absolute atomic E-state index is 12.7. The van der Waals surface area contributed by atoms with E-state index in [1.807, 2.05) is 50.2 Å². The monoisotopic (exact) mass is 520 g/mol. The van der Waals surface area contributed by atoms with Crippen LogP contribution >= 0.6 is 15.9 Å². The van der Waals surface area contributed by atoms with E-state index in [1.165, 1.54) is 6.08 Å². The smallest absolute Gasteiger partial charge is 0.266 e. The Kier molecular flexibility index (Phi) is 9.12. The molecule has 0 heterocycles. The van der Waals surface area contributed by atoms with Gasteiger partial charge in [-0.15, -0.1) is 0 Å². The fraction of sp³-hybridized carbons (Fsp3) is 0.185. The van der Waals surface area contributed by atoms with Gasteiger partial charge in [0.25, 0.3) is 5.91 Å². The average Bonchev–Trinajstić information content (AvgIpc) is 2.84. The minimum atomic E-state index is -0.509. The van der Waals surface area contributed by atoms with Crippen LogP contribution in [0.4, 0.5) is 5.69 Å². The molecule has 3 aromatic carbocycles. The predicted molar refractivity (Wildman–Crippen MR) is 136 cm³/mol. The number of benzene rings is 3. The Labute approximate surface area is 207 Å². The number of nitriles is 1. The van der Waals surface area contributed by atoms with Gasteiger partial charge in [0.05, 0.1) is 17.7 Å². The lowest BCUT2D eigenvalue weighted by Gasteiger charge is -2.15. The number of amides is 1. The summed E-state index contributed by atoms with van der Waals surface area (Å²) in [5, 5.41) is 12.3. The van der Waals surface area contributed by atoms with Gasteiger partial charge in [-0.3, -0.25) is 4.79 Å². The van der Waals surface area contributed by atoms with Crippen LogP contribution in [-0.4, -0.2) is 19.1 Å². The van der Waals surface area contributed by atoms with E-state index >= 15 is 0 Å². The second kappa shape index (κ2) is 12.5. The van der Waals surface area contributed by atoms with E-state index in [0.717, 1.165) is 5.56 Å². The molecule has 174 valence electrons. The first-order valence-corrected chi connectivity index (χ1v) is 11.6. The van der Waals surface area contributed by atoms with Crippen LogP contribution in [-0.2, 0) is 11.4 Å². The van der Waals surface area contributed by atoms with Crippen LogP contribution in [0.5, 0.6) is 17.2 Å². The fourth-order valence-electron chi connectivity index (χ4n) is 3.12. The Bertz CT molecular complexity index is 1190. The van der Waals surface area contributed by atoms with Crippen molar-refractivity contribution in [3.8, 4) is 23.3 Å². The van der Waals surface area contributed by atoms with E-state index in [-0.39, 0.29) is 5.57 Å². The van der Waals surface area contributed by atoms with Gasteiger partial charge in [-0.1, -0.05) is 30.3 Å². The third-order valence-electron chi connectivity index (χ3n) is 4.66. The average molecular weight is 521 g/mol. The molecule has 3 rings (SSSR count). The van der Waals surface area contributed by atoms with Gasteiger partial charge in [-0.25, -0.2) is 0 Å². The summed E-state index contributed by atoms with van der Waals surface area (Å²) in [5.41, 5.74) is 2.18. The highest BCUT2D eigenvalue weighted by atomic mass is 79.9. The maximum Gasteiger partial charge on any atom is 0.266 e. The lowest BCUT2D eigenvalue weighted by Crippen LogP contribution is -2.13. The number of halogens is 1. The van der Waals surface area contributed by atoms with Crippen LogP contribution in [0.2, 0.25) is 0 Å². The van der Waals surface area contributed by atoms with Crippen molar-refractivity contribution < 1.29 is 19.0 Å². The van der Waals surface area contributed by atoms with Gasteiger partial charge in [-0.2, -0.15) is 5.26 Å². The summed E-state index contributed by atoms with van der Waals surface area (Å²) < 4.78 is 17.8. The van der Waals surface area contributed by atoms with E-state index in [1.54, 1.807) is 36.4 Å². The first-order chi connectivity index (χ1) is 16.5. The van der Waals surface area contributed by atoms with Crippen molar-refractivity contribution in [1.29, 1.82) is 5.26 Å². The summed E-state index contributed by atoms with van der Waals surface area (Å²) >= 11 is 3.53. The van der Waals surface area contributed by atoms with Gasteiger partial charge in [0.2, 0.25) is 0 Å². The second-order valence-corrected chi connectivity index (χ2v) is 7.97. The van der Waals surface area contributed by atoms with Gasteiger partial charge < -0.3 is 19.5 Å². The molecule has 0 saturated carbocycles. The largest absolute Gasteiger partial charge is 0.494 e. The Hall–Kier alpha value is -3.76. The van der Waals surface area contributed by atoms with E-state index in [9.17, 15) is 10.1 Å². The Balaban J connectivity index is 1.80. The number of ether oxygens (including phenoxy) is 3. The van der Waals surface area contributed by atoms with E-state index < -0.39 is 5.91 Å². The molecule has 6 nitrogen and oxygen atoms in total. The zero-order valence-corrected chi connectivity index (χ0v) is 20.6. The van der Waals surface area contributed by atoms with Crippen LogP contribution in [0.3, 0.4) is 0 Å². The fourth-order valence-corrected chi connectivity index (χ4v) is 3.69. The normalized spacial score (nSPS) is 10.8. The van der Waals surface area contributed by atoms with Crippen molar-refractivity contribution in [1.82, 2.24) is 0 Å². The number of carbonyl (C=O) groups is 1. The lowest BCUT2D eigenvalue weighted by atomic mass is 10.1. The van der Waals surface area contributed by atoms with Crippen molar-refractivity contribution >= 4 is 33.6 Å². The summed E-state index contributed by atoms with van der Waals surface area (Å²) in [6, 6.07) is 22.3. The lowest BCUT2D eigenvalue weighted by molar-refractivity contribution is -0.112. The van der Waals surface area contributed by atoms with E-state index in [2.05, 4.69) is 21.2 Å². The Morgan fingerprint density at radius 2 is 1.71 bits per heavy atom. The van der Waals surface area contributed by atoms with Gasteiger partial charge in [0.1, 0.15) is 24.0 Å². The van der Waals surface area contributed by atoms with Crippen LogP contribution in [0.1, 0.15) is 25.0 Å². The topological polar surface area (TPSA) is 80.6 Å². The number of anilines is 1. The molecule has 7 heteroatoms. The molecule has 0 atom stereocenters. The van der Waals surface area contributed by atoms with Crippen molar-refractivity contribution in [2.75, 3.05) is 18.5 Å². The molecule has 34 heavy (non-hydrogen) atoms. The number of hydrogen-bond donors (Lipinski definition) is 1. The van der Waals surface area contributed by atoms with Crippen LogP contribution in [0, 0.1) is 11.3 Å². The molecule has 0 radical (unpaired) electrons. The molecule has 0 spiro atoms. The minimum absolute atomic E-state index is 0.0406. The molecule has 0 aliphatic heterocycles. The summed E-state index contributed by atoms with van der Waals surface area (Å²) in [7, 11) is 0. The molecule has 1 amide bonds. The van der Waals surface area contributed by atoms with E-state index in [0.29, 0.717) is 52.8 Å². The number of carbonyl (C=O) groups excluding carboxylic acids is 1. The van der Waals surface area contributed by atoms with Crippen molar-refractivity contribution in [2.45, 2.75) is 20.5 Å². The maximum atomic E-state index is 12.7. The number of nitrogens with zero attached hydrogens (tertiary/aromatic N) is 1. The quantitative estimate of drug-likeness (QED) is 0.248. The molecule has 0 bridgehead atoms. The highest BCUT2D eigenvalue weighted by molar-refractivity contribution is 9.10. The van der Waals surface area contributed by atoms with Crippen molar-refractivity contribution in [2.24, 2.45) is 0 Å². The molecule has 0 aliphatic rings. The highest BCUT2D eigenvalue weighted by Crippen LogP contribution is 2.38. The second-order valence-electron chi connectivity index (χ2n) is 7.12. The molecule has 0 unspecified atom stereocenters. The molecule has 3 aromatic rings. The van der Waals surface area contributed by atoms with Gasteiger partial charge >= 0.3 is 0 Å². The summed E-state index contributed by atoms with van der Waals surface area (Å²) in [6.07, 6.45) is 1.51. The molecule has 1 N–H and O–H groups in total. The molecule has 0 fully saturated rings. The van der Waals surface area contributed by atoms with Crippen LogP contribution < -0.4 is 19.5 Å². The summed E-state index contributed by atoms with van der Waals surface area (Å²) in [4.78, 5) is 12.7. The van der Waals surface area contributed by atoms with Crippen molar-refractivity contribution in [3.05, 3.63) is 87.9 Å². The van der Waals surface area contributed by atoms with Crippen LogP contribution in [0.25, 0.3) is 6.08 Å². The van der Waals surface area contributed by atoms with Gasteiger partial charge in [-0.05, 0) is 83.4 Å². The zero-order valence-electron chi connectivity index (χ0n) is 19.0. The zero-order chi connectivity index (χ0) is 24.3. The third-order valence-corrected chi connectivity index (χ3v) is 5.25. The minimum Gasteiger partial charge on any atom is -0.494 e. The van der Waals surface area contributed by atoms with Gasteiger partial charge in [0, 0.05) is 5.69 Å². The molecule has 0 saturated heterocycles. The molecular weight excluding hydrogens is 496 g/mol. The standard InChI is InChI=1S/C27H25BrN2O4/c1-3-32-23-12-10-22(11-13-23)30-27(31)21(17-29)14-20-15-24(28)26(25(16-20)33-4-2)34-18-19-8-6-5-7-9-19/h5-16H,3-4,18H2,1-2H3,(H,30,31)/b21-14-.